The van der Waals surface area contributed by atoms with Gasteiger partial charge in [-0.25, -0.2) is 4.79 Å². The van der Waals surface area contributed by atoms with Crippen molar-refractivity contribution < 1.29 is 19.1 Å². The van der Waals surface area contributed by atoms with Crippen LogP contribution in [-0.4, -0.2) is 23.9 Å². The first-order valence-electron chi connectivity index (χ1n) is 9.23. The number of hydrogen-bond donors (Lipinski definition) is 2. The van der Waals surface area contributed by atoms with Crippen LogP contribution in [0, 0.1) is 31.1 Å². The summed E-state index contributed by atoms with van der Waals surface area (Å²) in [4.78, 5) is 38.2. The zero-order valence-corrected chi connectivity index (χ0v) is 17.2. The SMILES string of the molecule is Cc1sc(NC(=O)C2CC2)c(C(=O)OC(C)C(=O)Nc2ccccc2C#N)c1C. The molecule has 0 saturated heterocycles. The van der Waals surface area contributed by atoms with Gasteiger partial charge in [0, 0.05) is 10.8 Å². The summed E-state index contributed by atoms with van der Waals surface area (Å²) in [5.74, 6) is -1.31. The van der Waals surface area contributed by atoms with Gasteiger partial charge in [-0.15, -0.1) is 11.3 Å². The van der Waals surface area contributed by atoms with Crippen molar-refractivity contribution >= 4 is 39.8 Å². The minimum absolute atomic E-state index is 0.00601. The molecule has 1 aliphatic carbocycles. The fourth-order valence-electron chi connectivity index (χ4n) is 2.72. The molecule has 0 aliphatic heterocycles. The minimum Gasteiger partial charge on any atom is -0.449 e. The lowest BCUT2D eigenvalue weighted by Crippen LogP contribution is -2.30. The van der Waals surface area contributed by atoms with Crippen molar-refractivity contribution in [1.29, 1.82) is 5.26 Å². The Morgan fingerprint density at radius 3 is 2.55 bits per heavy atom. The van der Waals surface area contributed by atoms with E-state index in [0.717, 1.165) is 17.7 Å². The highest BCUT2D eigenvalue weighted by Crippen LogP contribution is 2.36. The number of nitriles is 1. The number of carbonyl (C=O) groups is 3. The third-order valence-corrected chi connectivity index (χ3v) is 5.86. The number of esters is 1. The van der Waals surface area contributed by atoms with E-state index in [1.54, 1.807) is 31.2 Å². The van der Waals surface area contributed by atoms with E-state index in [1.807, 2.05) is 13.0 Å². The van der Waals surface area contributed by atoms with Crippen LogP contribution >= 0.6 is 11.3 Å². The first-order chi connectivity index (χ1) is 13.8. The second-order valence-electron chi connectivity index (χ2n) is 6.95. The van der Waals surface area contributed by atoms with E-state index in [-0.39, 0.29) is 17.4 Å². The highest BCUT2D eigenvalue weighted by molar-refractivity contribution is 7.16. The average Bonchev–Trinajstić information content (AvgIpc) is 3.49. The Bertz CT molecular complexity index is 1020. The van der Waals surface area contributed by atoms with Crippen LogP contribution in [0.5, 0.6) is 0 Å². The molecule has 2 aromatic rings. The molecule has 3 rings (SSSR count). The highest BCUT2D eigenvalue weighted by Gasteiger charge is 2.32. The number of amides is 2. The van der Waals surface area contributed by atoms with Gasteiger partial charge < -0.3 is 15.4 Å². The molecule has 1 aromatic carbocycles. The molecular formula is C21H21N3O4S. The molecule has 1 atom stereocenters. The molecule has 1 heterocycles. The fourth-order valence-corrected chi connectivity index (χ4v) is 3.77. The third-order valence-electron chi connectivity index (χ3n) is 4.73. The molecule has 150 valence electrons. The van der Waals surface area contributed by atoms with Gasteiger partial charge in [0.25, 0.3) is 5.91 Å². The van der Waals surface area contributed by atoms with Gasteiger partial charge in [-0.3, -0.25) is 9.59 Å². The van der Waals surface area contributed by atoms with Gasteiger partial charge in [-0.1, -0.05) is 12.1 Å². The zero-order valence-electron chi connectivity index (χ0n) is 16.4. The number of ether oxygens (including phenoxy) is 1. The summed E-state index contributed by atoms with van der Waals surface area (Å²) < 4.78 is 5.36. The summed E-state index contributed by atoms with van der Waals surface area (Å²) in [5.41, 5.74) is 1.66. The van der Waals surface area contributed by atoms with Gasteiger partial charge in [0.2, 0.25) is 5.91 Å². The number of hydrogen-bond acceptors (Lipinski definition) is 6. The molecule has 1 saturated carbocycles. The van der Waals surface area contributed by atoms with E-state index < -0.39 is 18.0 Å². The van der Waals surface area contributed by atoms with Gasteiger partial charge in [-0.05, 0) is 51.3 Å². The van der Waals surface area contributed by atoms with Crippen LogP contribution in [0.2, 0.25) is 0 Å². The van der Waals surface area contributed by atoms with Gasteiger partial charge in [0.05, 0.1) is 16.8 Å². The molecular weight excluding hydrogens is 390 g/mol. The molecule has 29 heavy (non-hydrogen) atoms. The highest BCUT2D eigenvalue weighted by atomic mass is 32.1. The molecule has 1 aromatic heterocycles. The molecule has 7 nitrogen and oxygen atoms in total. The van der Waals surface area contributed by atoms with Crippen molar-refractivity contribution in [1.82, 2.24) is 0 Å². The van der Waals surface area contributed by atoms with Crippen LogP contribution in [0.15, 0.2) is 24.3 Å². The number of rotatable bonds is 6. The van der Waals surface area contributed by atoms with Crippen molar-refractivity contribution in [3.63, 3.8) is 0 Å². The number of nitrogens with zero attached hydrogens (tertiary/aromatic N) is 1. The molecule has 0 radical (unpaired) electrons. The quantitative estimate of drug-likeness (QED) is 0.704. The molecule has 8 heteroatoms. The second kappa shape index (κ2) is 8.45. The van der Waals surface area contributed by atoms with Crippen LogP contribution in [0.4, 0.5) is 10.7 Å². The van der Waals surface area contributed by atoms with Gasteiger partial charge in [-0.2, -0.15) is 5.26 Å². The molecule has 0 spiro atoms. The Hall–Kier alpha value is -3.18. The molecule has 1 aliphatic rings. The normalized spacial score (nSPS) is 13.9. The average molecular weight is 411 g/mol. The Morgan fingerprint density at radius 1 is 1.21 bits per heavy atom. The van der Waals surface area contributed by atoms with Crippen LogP contribution in [0.25, 0.3) is 0 Å². The van der Waals surface area contributed by atoms with E-state index in [4.69, 9.17) is 10.00 Å². The van der Waals surface area contributed by atoms with Gasteiger partial charge in [0.15, 0.2) is 6.10 Å². The summed E-state index contributed by atoms with van der Waals surface area (Å²) in [6.07, 6.45) is 0.632. The van der Waals surface area contributed by atoms with Crippen molar-refractivity contribution in [3.05, 3.63) is 45.8 Å². The van der Waals surface area contributed by atoms with E-state index in [2.05, 4.69) is 10.6 Å². The van der Waals surface area contributed by atoms with Crippen molar-refractivity contribution in [2.45, 2.75) is 39.7 Å². The summed E-state index contributed by atoms with van der Waals surface area (Å²) in [7, 11) is 0. The maximum atomic E-state index is 12.8. The summed E-state index contributed by atoms with van der Waals surface area (Å²) in [6.45, 7) is 5.10. The summed E-state index contributed by atoms with van der Waals surface area (Å²) in [6, 6.07) is 8.56. The van der Waals surface area contributed by atoms with Gasteiger partial charge in [0.1, 0.15) is 11.1 Å². The van der Waals surface area contributed by atoms with E-state index in [9.17, 15) is 14.4 Å². The number of thiophene rings is 1. The van der Waals surface area contributed by atoms with E-state index >= 15 is 0 Å². The number of aryl methyl sites for hydroxylation is 1. The molecule has 2 amide bonds. The monoisotopic (exact) mass is 411 g/mol. The lowest BCUT2D eigenvalue weighted by Gasteiger charge is -2.15. The Balaban J connectivity index is 1.71. The van der Waals surface area contributed by atoms with Crippen LogP contribution in [0.3, 0.4) is 0 Å². The first kappa shape index (κ1) is 20.6. The van der Waals surface area contributed by atoms with Gasteiger partial charge >= 0.3 is 5.97 Å². The lowest BCUT2D eigenvalue weighted by molar-refractivity contribution is -0.123. The zero-order chi connectivity index (χ0) is 21.1. The Morgan fingerprint density at radius 2 is 1.90 bits per heavy atom. The number of benzene rings is 1. The molecule has 0 bridgehead atoms. The summed E-state index contributed by atoms with van der Waals surface area (Å²) >= 11 is 1.32. The van der Waals surface area contributed by atoms with Crippen LogP contribution < -0.4 is 10.6 Å². The van der Waals surface area contributed by atoms with Crippen LogP contribution in [0.1, 0.15) is 46.1 Å². The summed E-state index contributed by atoms with van der Waals surface area (Å²) in [5, 5.41) is 15.0. The first-order valence-corrected chi connectivity index (χ1v) is 10.0. The number of para-hydroxylation sites is 1. The minimum atomic E-state index is -1.08. The van der Waals surface area contributed by atoms with Crippen molar-refractivity contribution in [2.75, 3.05) is 10.6 Å². The van der Waals surface area contributed by atoms with E-state index in [0.29, 0.717) is 21.8 Å². The second-order valence-corrected chi connectivity index (χ2v) is 8.17. The lowest BCUT2D eigenvalue weighted by atomic mass is 10.1. The topological polar surface area (TPSA) is 108 Å². The van der Waals surface area contributed by atoms with E-state index in [1.165, 1.54) is 18.3 Å². The molecule has 1 fully saturated rings. The number of carbonyl (C=O) groups excluding carboxylic acids is 3. The van der Waals surface area contributed by atoms with Crippen LogP contribution in [-0.2, 0) is 14.3 Å². The maximum absolute atomic E-state index is 12.8. The Kier molecular flexibility index (Phi) is 5.99. The third kappa shape index (κ3) is 4.63. The molecule has 2 N–H and O–H groups in total. The fraction of sp³-hybridized carbons (Fsp3) is 0.333. The van der Waals surface area contributed by atoms with Crippen molar-refractivity contribution in [2.24, 2.45) is 5.92 Å². The van der Waals surface area contributed by atoms with Crippen molar-refractivity contribution in [3.8, 4) is 6.07 Å². The maximum Gasteiger partial charge on any atom is 0.342 e. The standard InChI is InChI=1S/C21H21N3O4S/c1-11-13(3)29-20(24-19(26)14-8-9-14)17(11)21(27)28-12(2)18(25)23-16-7-5-4-6-15(16)10-22/h4-7,12,14H,8-9H2,1-3H3,(H,23,25)(H,24,26). The number of nitrogens with one attached hydrogen (secondary N) is 2. The predicted molar refractivity (Wildman–Crippen MR) is 110 cm³/mol. The number of anilines is 2. The predicted octanol–water partition coefficient (Wildman–Crippen LogP) is 3.77. The molecule has 1 unspecified atom stereocenters. The largest absolute Gasteiger partial charge is 0.449 e. The smallest absolute Gasteiger partial charge is 0.342 e. The Labute approximate surface area is 172 Å².